The van der Waals surface area contributed by atoms with Crippen LogP contribution >= 0.6 is 11.6 Å². The van der Waals surface area contributed by atoms with E-state index in [4.69, 9.17) is 16.3 Å². The molecule has 1 atom stereocenters. The Morgan fingerprint density at radius 2 is 1.96 bits per heavy atom. The SMILES string of the molecule is COc1ccc(Cl)cc1N([C@@H](C)C(=O)NCc1cccc(C)c1)S(C)(=O)=O. The molecule has 0 bridgehead atoms. The largest absolute Gasteiger partial charge is 0.495 e. The van der Waals surface area contributed by atoms with Gasteiger partial charge in [0, 0.05) is 11.6 Å². The molecule has 0 aliphatic rings. The van der Waals surface area contributed by atoms with Gasteiger partial charge in [-0.2, -0.15) is 0 Å². The number of anilines is 1. The number of carbonyl (C=O) groups is 1. The highest BCUT2D eigenvalue weighted by Crippen LogP contribution is 2.34. The van der Waals surface area contributed by atoms with Crippen LogP contribution in [0.2, 0.25) is 5.02 Å². The molecule has 0 spiro atoms. The quantitative estimate of drug-likeness (QED) is 0.760. The molecule has 1 N–H and O–H groups in total. The highest BCUT2D eigenvalue weighted by Gasteiger charge is 2.31. The van der Waals surface area contributed by atoms with Gasteiger partial charge < -0.3 is 10.1 Å². The zero-order chi connectivity index (χ0) is 20.2. The van der Waals surface area contributed by atoms with E-state index in [9.17, 15) is 13.2 Å². The third kappa shape index (κ3) is 5.37. The summed E-state index contributed by atoms with van der Waals surface area (Å²) in [5.41, 5.74) is 2.23. The maximum absolute atomic E-state index is 12.7. The van der Waals surface area contributed by atoms with Gasteiger partial charge in [0.25, 0.3) is 0 Å². The number of sulfonamides is 1. The van der Waals surface area contributed by atoms with Crippen LogP contribution in [0.4, 0.5) is 5.69 Å². The Morgan fingerprint density at radius 1 is 1.26 bits per heavy atom. The summed E-state index contributed by atoms with van der Waals surface area (Å²) in [5, 5.41) is 3.12. The lowest BCUT2D eigenvalue weighted by atomic mass is 10.1. The van der Waals surface area contributed by atoms with Crippen LogP contribution in [0, 0.1) is 6.92 Å². The van der Waals surface area contributed by atoms with Gasteiger partial charge in [-0.05, 0) is 37.6 Å². The van der Waals surface area contributed by atoms with Crippen LogP contribution in [0.15, 0.2) is 42.5 Å². The molecule has 0 heterocycles. The third-order valence-electron chi connectivity index (χ3n) is 4.02. The molecule has 8 heteroatoms. The van der Waals surface area contributed by atoms with Crippen LogP contribution in [0.5, 0.6) is 5.75 Å². The lowest BCUT2D eigenvalue weighted by molar-refractivity contribution is -0.122. The molecule has 146 valence electrons. The normalized spacial score (nSPS) is 12.3. The number of amides is 1. The van der Waals surface area contributed by atoms with Gasteiger partial charge in [0.15, 0.2) is 0 Å². The van der Waals surface area contributed by atoms with Crippen LogP contribution in [0.3, 0.4) is 0 Å². The molecular formula is C19H23ClN2O4S. The van der Waals surface area contributed by atoms with E-state index in [0.29, 0.717) is 17.3 Å². The fraction of sp³-hybridized carbons (Fsp3) is 0.316. The van der Waals surface area contributed by atoms with Crippen molar-refractivity contribution in [3.05, 3.63) is 58.6 Å². The zero-order valence-electron chi connectivity index (χ0n) is 15.7. The minimum Gasteiger partial charge on any atom is -0.495 e. The summed E-state index contributed by atoms with van der Waals surface area (Å²) in [6, 6.07) is 11.3. The second-order valence-electron chi connectivity index (χ2n) is 6.26. The number of ether oxygens (including phenoxy) is 1. The molecule has 0 aliphatic carbocycles. The molecule has 0 saturated heterocycles. The van der Waals surface area contributed by atoms with Crippen molar-refractivity contribution >= 4 is 33.2 Å². The molecule has 0 aromatic heterocycles. The van der Waals surface area contributed by atoms with Crippen molar-refractivity contribution in [2.45, 2.75) is 26.4 Å². The molecular weight excluding hydrogens is 388 g/mol. The number of benzene rings is 2. The average Bonchev–Trinajstić information content (AvgIpc) is 2.59. The first-order valence-corrected chi connectivity index (χ1v) is 10.5. The van der Waals surface area contributed by atoms with Gasteiger partial charge in [-0.15, -0.1) is 0 Å². The number of methoxy groups -OCH3 is 1. The third-order valence-corrected chi connectivity index (χ3v) is 5.48. The number of rotatable bonds is 7. The molecule has 6 nitrogen and oxygen atoms in total. The Morgan fingerprint density at radius 3 is 2.56 bits per heavy atom. The Bertz CT molecular complexity index is 931. The first-order valence-electron chi connectivity index (χ1n) is 8.29. The molecule has 2 rings (SSSR count). The molecule has 0 saturated carbocycles. The summed E-state index contributed by atoms with van der Waals surface area (Å²) in [7, 11) is -2.34. The van der Waals surface area contributed by atoms with E-state index in [1.807, 2.05) is 31.2 Å². The summed E-state index contributed by atoms with van der Waals surface area (Å²) in [4.78, 5) is 12.7. The van der Waals surface area contributed by atoms with Gasteiger partial charge in [-0.25, -0.2) is 8.42 Å². The van der Waals surface area contributed by atoms with Crippen molar-refractivity contribution in [1.82, 2.24) is 5.32 Å². The van der Waals surface area contributed by atoms with Gasteiger partial charge >= 0.3 is 0 Å². The molecule has 0 radical (unpaired) electrons. The number of nitrogens with one attached hydrogen (secondary N) is 1. The number of aryl methyl sites for hydroxylation is 1. The first-order chi connectivity index (χ1) is 12.6. The van der Waals surface area contributed by atoms with Crippen LogP contribution in [-0.4, -0.2) is 33.7 Å². The molecule has 2 aromatic rings. The van der Waals surface area contributed by atoms with Gasteiger partial charge in [0.2, 0.25) is 15.9 Å². The summed E-state index contributed by atoms with van der Waals surface area (Å²) in [6.07, 6.45) is 1.04. The highest BCUT2D eigenvalue weighted by atomic mass is 35.5. The Hall–Kier alpha value is -2.25. The molecule has 27 heavy (non-hydrogen) atoms. The first kappa shape index (κ1) is 21.1. The standard InChI is InChI=1S/C19H23ClN2O4S/c1-13-6-5-7-15(10-13)12-21-19(23)14(2)22(27(4,24)25)17-11-16(20)8-9-18(17)26-3/h5-11,14H,12H2,1-4H3,(H,21,23)/t14-/m0/s1. The van der Waals surface area contributed by atoms with E-state index < -0.39 is 22.0 Å². The Labute approximate surface area is 165 Å². The predicted molar refractivity (Wildman–Crippen MR) is 108 cm³/mol. The number of hydrogen-bond donors (Lipinski definition) is 1. The Balaban J connectivity index is 2.29. The van der Waals surface area contributed by atoms with Gasteiger partial charge in [-0.1, -0.05) is 41.4 Å². The van der Waals surface area contributed by atoms with Crippen molar-refractivity contribution in [1.29, 1.82) is 0 Å². The minimum absolute atomic E-state index is 0.214. The van der Waals surface area contributed by atoms with E-state index >= 15 is 0 Å². The number of nitrogens with zero attached hydrogens (tertiary/aromatic N) is 1. The number of hydrogen-bond acceptors (Lipinski definition) is 4. The molecule has 2 aromatic carbocycles. The van der Waals surface area contributed by atoms with Crippen molar-refractivity contribution in [3.8, 4) is 5.75 Å². The fourth-order valence-corrected chi connectivity index (χ4v) is 4.11. The number of carbonyl (C=O) groups excluding carboxylic acids is 1. The summed E-state index contributed by atoms with van der Waals surface area (Å²) in [6.45, 7) is 3.78. The second kappa shape index (κ2) is 8.63. The Kier molecular flexibility index (Phi) is 6.73. The lowest BCUT2D eigenvalue weighted by Crippen LogP contribution is -2.47. The second-order valence-corrected chi connectivity index (χ2v) is 8.55. The minimum atomic E-state index is -3.77. The number of halogens is 1. The van der Waals surface area contributed by atoms with Crippen molar-refractivity contribution in [3.63, 3.8) is 0 Å². The van der Waals surface area contributed by atoms with E-state index in [1.54, 1.807) is 12.1 Å². The van der Waals surface area contributed by atoms with Gasteiger partial charge in [-0.3, -0.25) is 9.10 Å². The van der Waals surface area contributed by atoms with Crippen LogP contribution in [0.1, 0.15) is 18.1 Å². The zero-order valence-corrected chi connectivity index (χ0v) is 17.3. The molecule has 1 amide bonds. The summed E-state index contributed by atoms with van der Waals surface area (Å²) < 4.78 is 31.1. The fourth-order valence-electron chi connectivity index (χ4n) is 2.78. The summed E-state index contributed by atoms with van der Waals surface area (Å²) >= 11 is 6.03. The molecule has 0 unspecified atom stereocenters. The van der Waals surface area contributed by atoms with Crippen LogP contribution < -0.4 is 14.4 Å². The van der Waals surface area contributed by atoms with Gasteiger partial charge in [0.1, 0.15) is 11.8 Å². The van der Waals surface area contributed by atoms with E-state index in [-0.39, 0.29) is 5.69 Å². The lowest BCUT2D eigenvalue weighted by Gasteiger charge is -2.29. The van der Waals surface area contributed by atoms with E-state index in [2.05, 4.69) is 5.32 Å². The maximum Gasteiger partial charge on any atom is 0.243 e. The van der Waals surface area contributed by atoms with Crippen molar-refractivity contribution in [2.24, 2.45) is 0 Å². The van der Waals surface area contributed by atoms with E-state index in [0.717, 1.165) is 21.7 Å². The molecule has 0 aliphatic heterocycles. The average molecular weight is 411 g/mol. The maximum atomic E-state index is 12.7. The van der Waals surface area contributed by atoms with E-state index in [1.165, 1.54) is 20.1 Å². The van der Waals surface area contributed by atoms with Crippen molar-refractivity contribution < 1.29 is 17.9 Å². The van der Waals surface area contributed by atoms with Crippen LogP contribution in [0.25, 0.3) is 0 Å². The smallest absolute Gasteiger partial charge is 0.243 e. The highest BCUT2D eigenvalue weighted by molar-refractivity contribution is 7.92. The van der Waals surface area contributed by atoms with Crippen molar-refractivity contribution in [2.75, 3.05) is 17.7 Å². The van der Waals surface area contributed by atoms with Crippen LogP contribution in [-0.2, 0) is 21.4 Å². The monoisotopic (exact) mass is 410 g/mol. The van der Waals surface area contributed by atoms with Gasteiger partial charge in [0.05, 0.1) is 19.1 Å². The summed E-state index contributed by atoms with van der Waals surface area (Å²) in [5.74, 6) is -0.118. The topological polar surface area (TPSA) is 75.7 Å². The predicted octanol–water partition coefficient (Wildman–Crippen LogP) is 3.13. The molecule has 0 fully saturated rings.